The van der Waals surface area contributed by atoms with Gasteiger partial charge in [0.05, 0.1) is 11.6 Å². The standard InChI is InChI=1S/C37H40N4O4/c42-33(31-17-19-34(36-32(31)18-20-35(43)41-36)45-26-29-13-5-2-6-14-29)25-38-23-21-28-15-9-16-30(24-28)40-37(44)39-22-8-7-12-27-10-3-1-4-11-27/h1-6,9-11,13-20,24,33,38,42H,7-8,12,21-23,25-26H2,(H,41,43)(H2,39,40,44)/t33-/m0/s1. The molecule has 1 heterocycles. The fraction of sp³-hybridized carbons (Fsp3) is 0.243. The molecule has 0 spiro atoms. The summed E-state index contributed by atoms with van der Waals surface area (Å²) in [5, 5.41) is 21.0. The van der Waals surface area contributed by atoms with E-state index in [1.807, 2.05) is 78.9 Å². The number of aromatic nitrogens is 1. The van der Waals surface area contributed by atoms with E-state index in [0.29, 0.717) is 43.1 Å². The smallest absolute Gasteiger partial charge is 0.319 e. The predicted octanol–water partition coefficient (Wildman–Crippen LogP) is 6.12. The lowest BCUT2D eigenvalue weighted by Gasteiger charge is -2.17. The van der Waals surface area contributed by atoms with Gasteiger partial charge in [0, 0.05) is 30.2 Å². The highest BCUT2D eigenvalue weighted by atomic mass is 16.5. The van der Waals surface area contributed by atoms with Crippen LogP contribution in [0.4, 0.5) is 10.5 Å². The van der Waals surface area contributed by atoms with Crippen molar-refractivity contribution in [2.45, 2.75) is 38.4 Å². The van der Waals surface area contributed by atoms with Crippen LogP contribution in [0.1, 0.15) is 41.2 Å². The van der Waals surface area contributed by atoms with Gasteiger partial charge in [-0.2, -0.15) is 0 Å². The molecule has 5 aromatic rings. The summed E-state index contributed by atoms with van der Waals surface area (Å²) in [5.74, 6) is 0.556. The van der Waals surface area contributed by atoms with E-state index in [1.54, 1.807) is 12.1 Å². The summed E-state index contributed by atoms with van der Waals surface area (Å²) in [5.41, 5.74) is 5.18. The molecule has 8 heteroatoms. The van der Waals surface area contributed by atoms with Crippen LogP contribution in [0.3, 0.4) is 0 Å². The van der Waals surface area contributed by atoms with E-state index in [0.717, 1.165) is 47.9 Å². The molecule has 5 N–H and O–H groups in total. The summed E-state index contributed by atoms with van der Waals surface area (Å²) < 4.78 is 6.02. The van der Waals surface area contributed by atoms with Crippen LogP contribution in [0.25, 0.3) is 10.9 Å². The number of urea groups is 1. The highest BCUT2D eigenvalue weighted by molar-refractivity contribution is 5.89. The van der Waals surface area contributed by atoms with E-state index in [9.17, 15) is 14.7 Å². The SMILES string of the molecule is O=C(NCCCCc1ccccc1)Nc1cccc(CCNC[C@H](O)c2ccc(OCc3ccccc3)c3[nH]c(=O)ccc23)c1. The Balaban J connectivity index is 1.07. The number of aromatic amines is 1. The number of hydrogen-bond acceptors (Lipinski definition) is 5. The average molecular weight is 605 g/mol. The molecule has 0 bridgehead atoms. The molecule has 0 saturated heterocycles. The lowest BCUT2D eigenvalue weighted by atomic mass is 10.0. The molecule has 2 amide bonds. The Labute approximate surface area is 263 Å². The Kier molecular flexibility index (Phi) is 11.4. The number of carbonyl (C=O) groups is 1. The van der Waals surface area contributed by atoms with Crippen molar-refractivity contribution in [2.75, 3.05) is 25.0 Å². The van der Waals surface area contributed by atoms with Gasteiger partial charge in [0.15, 0.2) is 0 Å². The summed E-state index contributed by atoms with van der Waals surface area (Å²) in [6, 6.07) is 34.6. The first kappa shape index (κ1) is 31.5. The number of benzene rings is 4. The fourth-order valence-electron chi connectivity index (χ4n) is 5.26. The molecule has 232 valence electrons. The first-order valence-electron chi connectivity index (χ1n) is 15.4. The minimum Gasteiger partial charge on any atom is -0.487 e. The van der Waals surface area contributed by atoms with Gasteiger partial charge in [-0.05, 0) is 78.7 Å². The molecular formula is C37H40N4O4. The fourth-order valence-corrected chi connectivity index (χ4v) is 5.26. The zero-order valence-corrected chi connectivity index (χ0v) is 25.3. The maximum Gasteiger partial charge on any atom is 0.319 e. The van der Waals surface area contributed by atoms with Gasteiger partial charge in [-0.1, -0.05) is 78.9 Å². The number of pyridine rings is 1. The number of rotatable bonds is 15. The van der Waals surface area contributed by atoms with Crippen molar-refractivity contribution in [3.63, 3.8) is 0 Å². The molecular weight excluding hydrogens is 564 g/mol. The number of fused-ring (bicyclic) bond motifs is 1. The predicted molar refractivity (Wildman–Crippen MR) is 180 cm³/mol. The van der Waals surface area contributed by atoms with Gasteiger partial charge in [0.1, 0.15) is 12.4 Å². The van der Waals surface area contributed by atoms with Gasteiger partial charge < -0.3 is 30.8 Å². The van der Waals surface area contributed by atoms with Gasteiger partial charge in [0.2, 0.25) is 5.56 Å². The number of H-pyrrole nitrogens is 1. The maximum absolute atomic E-state index is 12.4. The first-order chi connectivity index (χ1) is 22.0. The molecule has 0 aliphatic heterocycles. The normalized spacial score (nSPS) is 11.7. The molecule has 0 unspecified atom stereocenters. The third-order valence-electron chi connectivity index (χ3n) is 7.62. The highest BCUT2D eigenvalue weighted by Crippen LogP contribution is 2.30. The summed E-state index contributed by atoms with van der Waals surface area (Å²) in [4.78, 5) is 27.4. The van der Waals surface area contributed by atoms with Crippen molar-refractivity contribution in [1.82, 2.24) is 15.6 Å². The zero-order valence-electron chi connectivity index (χ0n) is 25.3. The number of aliphatic hydroxyl groups excluding tert-OH is 1. The van der Waals surface area contributed by atoms with Crippen LogP contribution in [-0.4, -0.2) is 35.8 Å². The van der Waals surface area contributed by atoms with Gasteiger partial charge in [-0.3, -0.25) is 4.79 Å². The Hall–Kier alpha value is -4.92. The molecule has 4 aromatic carbocycles. The minimum atomic E-state index is -0.786. The molecule has 5 rings (SSSR count). The molecule has 8 nitrogen and oxygen atoms in total. The Morgan fingerprint density at radius 3 is 2.33 bits per heavy atom. The molecule has 0 saturated carbocycles. The quantitative estimate of drug-likeness (QED) is 0.0925. The molecule has 0 aliphatic rings. The maximum atomic E-state index is 12.4. The number of ether oxygens (including phenoxy) is 1. The number of aryl methyl sites for hydroxylation is 1. The summed E-state index contributed by atoms with van der Waals surface area (Å²) in [6.45, 7) is 1.97. The van der Waals surface area contributed by atoms with E-state index in [1.165, 1.54) is 11.6 Å². The summed E-state index contributed by atoms with van der Waals surface area (Å²) >= 11 is 0. The number of unbranched alkanes of at least 4 members (excludes halogenated alkanes) is 1. The lowest BCUT2D eigenvalue weighted by molar-refractivity contribution is 0.176. The second kappa shape index (κ2) is 16.2. The number of amides is 2. The lowest BCUT2D eigenvalue weighted by Crippen LogP contribution is -2.29. The van der Waals surface area contributed by atoms with Crippen molar-refractivity contribution in [3.8, 4) is 5.75 Å². The third kappa shape index (κ3) is 9.53. The Bertz CT molecular complexity index is 1720. The van der Waals surface area contributed by atoms with Crippen molar-refractivity contribution >= 4 is 22.6 Å². The van der Waals surface area contributed by atoms with Gasteiger partial charge in [-0.25, -0.2) is 4.79 Å². The average Bonchev–Trinajstić information content (AvgIpc) is 3.06. The van der Waals surface area contributed by atoms with Crippen molar-refractivity contribution < 1.29 is 14.6 Å². The van der Waals surface area contributed by atoms with Crippen molar-refractivity contribution in [3.05, 3.63) is 142 Å². The molecule has 1 aromatic heterocycles. The highest BCUT2D eigenvalue weighted by Gasteiger charge is 2.15. The molecule has 0 radical (unpaired) electrons. The van der Waals surface area contributed by atoms with Crippen molar-refractivity contribution in [1.29, 1.82) is 0 Å². The molecule has 0 aliphatic carbocycles. The van der Waals surface area contributed by atoms with Crippen molar-refractivity contribution in [2.24, 2.45) is 0 Å². The van der Waals surface area contributed by atoms with Gasteiger partial charge >= 0.3 is 6.03 Å². The molecule has 0 fully saturated rings. The van der Waals surface area contributed by atoms with Gasteiger partial charge in [-0.15, -0.1) is 0 Å². The van der Waals surface area contributed by atoms with Crippen LogP contribution < -0.4 is 26.2 Å². The van der Waals surface area contributed by atoms with Crippen LogP contribution in [0.2, 0.25) is 0 Å². The van der Waals surface area contributed by atoms with Crippen LogP contribution in [-0.2, 0) is 19.4 Å². The van der Waals surface area contributed by atoms with Gasteiger partial charge in [0.25, 0.3) is 0 Å². The van der Waals surface area contributed by atoms with E-state index < -0.39 is 6.10 Å². The molecule has 1 atom stereocenters. The van der Waals surface area contributed by atoms with Crippen LogP contribution in [0.5, 0.6) is 5.75 Å². The zero-order chi connectivity index (χ0) is 31.3. The third-order valence-corrected chi connectivity index (χ3v) is 7.62. The largest absolute Gasteiger partial charge is 0.487 e. The second-order valence-electron chi connectivity index (χ2n) is 11.0. The van der Waals surface area contributed by atoms with Crippen LogP contribution in [0.15, 0.2) is 114 Å². The molecule has 45 heavy (non-hydrogen) atoms. The first-order valence-corrected chi connectivity index (χ1v) is 15.4. The number of nitrogens with one attached hydrogen (secondary N) is 4. The van der Waals surface area contributed by atoms with Crippen LogP contribution in [0, 0.1) is 0 Å². The topological polar surface area (TPSA) is 115 Å². The van der Waals surface area contributed by atoms with Crippen LogP contribution >= 0.6 is 0 Å². The van der Waals surface area contributed by atoms with E-state index in [2.05, 4.69) is 33.1 Å². The summed E-state index contributed by atoms with van der Waals surface area (Å²) in [7, 11) is 0. The van der Waals surface area contributed by atoms with E-state index in [-0.39, 0.29) is 11.6 Å². The minimum absolute atomic E-state index is 0.210. The van der Waals surface area contributed by atoms with E-state index >= 15 is 0 Å². The Morgan fingerprint density at radius 2 is 1.53 bits per heavy atom. The number of carbonyl (C=O) groups excluding carboxylic acids is 1. The number of anilines is 1. The summed E-state index contributed by atoms with van der Waals surface area (Å²) in [6.07, 6.45) is 2.88. The monoisotopic (exact) mass is 604 g/mol. The Morgan fingerprint density at radius 1 is 0.778 bits per heavy atom. The number of aliphatic hydroxyl groups is 1. The second-order valence-corrected chi connectivity index (χ2v) is 11.0. The van der Waals surface area contributed by atoms with E-state index in [4.69, 9.17) is 4.74 Å². The number of hydrogen-bond donors (Lipinski definition) is 5.